The predicted octanol–water partition coefficient (Wildman–Crippen LogP) is 13.2. The summed E-state index contributed by atoms with van der Waals surface area (Å²) >= 11 is 0. The number of nitrogens with zero attached hydrogens (tertiary/aromatic N) is 2. The third-order valence-corrected chi connectivity index (χ3v) is 10.3. The molecule has 2 aliphatic heterocycles. The van der Waals surface area contributed by atoms with Crippen molar-refractivity contribution in [2.45, 2.75) is 5.41 Å². The summed E-state index contributed by atoms with van der Waals surface area (Å²) in [5.74, 6) is 3.26. The van der Waals surface area contributed by atoms with Gasteiger partial charge in [0.2, 0.25) is 0 Å². The lowest BCUT2D eigenvalue weighted by Gasteiger charge is -2.45. The maximum atomic E-state index is 7.17. The predicted molar refractivity (Wildman–Crippen MR) is 214 cm³/mol. The van der Waals surface area contributed by atoms with Crippen LogP contribution in [0.2, 0.25) is 0 Å². The van der Waals surface area contributed by atoms with Gasteiger partial charge in [-0.05, 0) is 72.8 Å². The van der Waals surface area contributed by atoms with Crippen molar-refractivity contribution in [1.82, 2.24) is 0 Å². The number of anilines is 6. The van der Waals surface area contributed by atoms with E-state index in [2.05, 4.69) is 204 Å². The molecule has 0 aliphatic carbocycles. The molecule has 0 fully saturated rings. The highest BCUT2D eigenvalue weighted by Crippen LogP contribution is 2.62. The first-order valence-corrected chi connectivity index (χ1v) is 17.9. The summed E-state index contributed by atoms with van der Waals surface area (Å²) in [4.78, 5) is 4.56. The fraction of sp³-hybridized carbons (Fsp3) is 0.0204. The number of fused-ring (bicyclic) bond motifs is 8. The van der Waals surface area contributed by atoms with Crippen molar-refractivity contribution >= 4 is 34.1 Å². The molecule has 8 aromatic rings. The van der Waals surface area contributed by atoms with E-state index in [1.807, 2.05) is 12.1 Å². The maximum absolute atomic E-state index is 7.17. The van der Waals surface area contributed by atoms with Gasteiger partial charge in [-0.2, -0.15) is 0 Å². The molecule has 0 bridgehead atoms. The summed E-state index contributed by atoms with van der Waals surface area (Å²) in [5.41, 5.74) is 9.84. The first kappa shape index (κ1) is 30.8. The quantitative estimate of drug-likeness (QED) is 0.174. The van der Waals surface area contributed by atoms with E-state index in [9.17, 15) is 0 Å². The van der Waals surface area contributed by atoms with E-state index in [-0.39, 0.29) is 0 Å². The molecule has 0 unspecified atom stereocenters. The minimum Gasteiger partial charge on any atom is -0.457 e. The second kappa shape index (κ2) is 12.6. The lowest BCUT2D eigenvalue weighted by molar-refractivity contribution is 0.399. The summed E-state index contributed by atoms with van der Waals surface area (Å²) in [7, 11) is 0. The molecule has 0 N–H and O–H groups in total. The molecule has 2 heterocycles. The number of para-hydroxylation sites is 6. The number of ether oxygens (including phenoxy) is 2. The van der Waals surface area contributed by atoms with Crippen LogP contribution in [0.25, 0.3) is 0 Å². The molecule has 4 nitrogen and oxygen atoms in total. The SMILES string of the molecule is c1ccc(N(c2ccccc2)c2ccc3c(c2)Oc2cc(N(c4ccccc4)c4ccccc4)ccc2C32c3ccccc3Oc3ccccc32)cc1. The number of hydrogen-bond donors (Lipinski definition) is 0. The van der Waals surface area contributed by atoms with Crippen LogP contribution in [0.3, 0.4) is 0 Å². The minimum absolute atomic E-state index is 0.708. The molecule has 0 amide bonds. The van der Waals surface area contributed by atoms with Crippen LogP contribution in [0.1, 0.15) is 22.3 Å². The van der Waals surface area contributed by atoms with Crippen LogP contribution in [0.4, 0.5) is 34.1 Å². The topological polar surface area (TPSA) is 24.9 Å². The molecular weight excluding hydrogens is 649 g/mol. The largest absolute Gasteiger partial charge is 0.457 e. The van der Waals surface area contributed by atoms with E-state index < -0.39 is 5.41 Å². The summed E-state index contributed by atoms with van der Waals surface area (Å²) < 4.78 is 13.8. The standard InChI is InChI=1S/C49H34N2O2/c1-5-17-35(18-6-1)50(36-19-7-2-8-20-36)39-29-31-43-47(33-39)53-48-34-40(51(37-21-9-3-10-22-37)38-23-11-4-12-24-38)30-32-44(48)49(43)41-25-13-15-27-45(41)52-46-28-16-14-26-42(46)49/h1-34H. The fourth-order valence-corrected chi connectivity index (χ4v) is 8.13. The van der Waals surface area contributed by atoms with Crippen molar-refractivity contribution in [3.63, 3.8) is 0 Å². The van der Waals surface area contributed by atoms with Crippen LogP contribution in [-0.2, 0) is 5.41 Å². The molecule has 0 aromatic heterocycles. The van der Waals surface area contributed by atoms with E-state index >= 15 is 0 Å². The summed E-state index contributed by atoms with van der Waals surface area (Å²) in [5, 5.41) is 0. The van der Waals surface area contributed by atoms with Gasteiger partial charge in [-0.25, -0.2) is 0 Å². The molecule has 2 aliphatic rings. The lowest BCUT2D eigenvalue weighted by Crippen LogP contribution is -2.37. The molecule has 0 saturated heterocycles. The highest BCUT2D eigenvalue weighted by atomic mass is 16.5. The molecule has 1 spiro atoms. The Morgan fingerprint density at radius 2 is 0.566 bits per heavy atom. The van der Waals surface area contributed by atoms with Gasteiger partial charge in [0, 0.05) is 68.5 Å². The van der Waals surface area contributed by atoms with Crippen LogP contribution < -0.4 is 19.3 Å². The number of benzene rings is 8. The van der Waals surface area contributed by atoms with Crippen LogP contribution in [-0.4, -0.2) is 0 Å². The Kier molecular flexibility index (Phi) is 7.33. The average molecular weight is 683 g/mol. The van der Waals surface area contributed by atoms with Crippen LogP contribution in [0.5, 0.6) is 23.0 Å². The van der Waals surface area contributed by atoms with E-state index in [1.165, 1.54) is 0 Å². The van der Waals surface area contributed by atoms with Gasteiger partial charge >= 0.3 is 0 Å². The van der Waals surface area contributed by atoms with Gasteiger partial charge in [0.25, 0.3) is 0 Å². The van der Waals surface area contributed by atoms with Gasteiger partial charge in [-0.15, -0.1) is 0 Å². The first-order chi connectivity index (χ1) is 26.3. The van der Waals surface area contributed by atoms with Gasteiger partial charge in [0.1, 0.15) is 23.0 Å². The Morgan fingerprint density at radius 3 is 0.943 bits per heavy atom. The molecule has 8 aromatic carbocycles. The second-order valence-corrected chi connectivity index (χ2v) is 13.3. The monoisotopic (exact) mass is 682 g/mol. The van der Waals surface area contributed by atoms with Gasteiger partial charge in [-0.1, -0.05) is 121 Å². The van der Waals surface area contributed by atoms with Crippen molar-refractivity contribution < 1.29 is 9.47 Å². The van der Waals surface area contributed by atoms with E-state index in [0.29, 0.717) is 0 Å². The van der Waals surface area contributed by atoms with Crippen molar-refractivity contribution in [3.05, 3.63) is 229 Å². The Balaban J connectivity index is 1.24. The van der Waals surface area contributed by atoms with Gasteiger partial charge in [-0.3, -0.25) is 0 Å². The second-order valence-electron chi connectivity index (χ2n) is 13.3. The molecular formula is C49H34N2O2. The Bertz CT molecular complexity index is 2310. The van der Waals surface area contributed by atoms with Gasteiger partial charge < -0.3 is 19.3 Å². The number of rotatable bonds is 6. The highest BCUT2D eigenvalue weighted by Gasteiger charge is 2.50. The first-order valence-electron chi connectivity index (χ1n) is 17.9. The summed E-state index contributed by atoms with van der Waals surface area (Å²) in [6, 6.07) is 72.1. The van der Waals surface area contributed by atoms with Crippen LogP contribution in [0.15, 0.2) is 206 Å². The highest BCUT2D eigenvalue weighted by molar-refractivity contribution is 5.83. The lowest BCUT2D eigenvalue weighted by atomic mass is 9.62. The third-order valence-electron chi connectivity index (χ3n) is 10.3. The summed E-state index contributed by atoms with van der Waals surface area (Å²) in [6.45, 7) is 0. The van der Waals surface area contributed by atoms with E-state index in [1.54, 1.807) is 0 Å². The Morgan fingerprint density at radius 1 is 0.264 bits per heavy atom. The van der Waals surface area contributed by atoms with Crippen molar-refractivity contribution in [2.24, 2.45) is 0 Å². The molecule has 4 heteroatoms. The average Bonchev–Trinajstić information content (AvgIpc) is 3.22. The smallest absolute Gasteiger partial charge is 0.134 e. The maximum Gasteiger partial charge on any atom is 0.134 e. The van der Waals surface area contributed by atoms with Crippen molar-refractivity contribution in [2.75, 3.05) is 9.80 Å². The fourth-order valence-electron chi connectivity index (χ4n) is 8.13. The van der Waals surface area contributed by atoms with E-state index in [4.69, 9.17) is 9.47 Å². The van der Waals surface area contributed by atoms with Crippen LogP contribution >= 0.6 is 0 Å². The van der Waals surface area contributed by atoms with Crippen LogP contribution in [0, 0.1) is 0 Å². The Labute approximate surface area is 309 Å². The zero-order valence-corrected chi connectivity index (χ0v) is 28.8. The Hall–Kier alpha value is -7.04. The molecule has 0 saturated carbocycles. The molecule has 0 atom stereocenters. The van der Waals surface area contributed by atoms with Gasteiger partial charge in [0.05, 0.1) is 5.41 Å². The third kappa shape index (κ3) is 4.99. The number of hydrogen-bond acceptors (Lipinski definition) is 4. The zero-order chi connectivity index (χ0) is 35.2. The molecule has 10 rings (SSSR count). The van der Waals surface area contributed by atoms with Gasteiger partial charge in [0.15, 0.2) is 0 Å². The van der Waals surface area contributed by atoms with E-state index in [0.717, 1.165) is 79.4 Å². The van der Waals surface area contributed by atoms with Crippen molar-refractivity contribution in [1.29, 1.82) is 0 Å². The molecule has 0 radical (unpaired) electrons. The molecule has 53 heavy (non-hydrogen) atoms. The van der Waals surface area contributed by atoms with Crippen molar-refractivity contribution in [3.8, 4) is 23.0 Å². The minimum atomic E-state index is -0.708. The summed E-state index contributed by atoms with van der Waals surface area (Å²) in [6.07, 6.45) is 0. The normalized spacial score (nSPS) is 13.0. The zero-order valence-electron chi connectivity index (χ0n) is 28.8. The molecule has 252 valence electrons.